The number of carbonyl (C=O) groups is 3. The molecule has 3 atom stereocenters. The maximum absolute atomic E-state index is 13.7. The summed E-state index contributed by atoms with van der Waals surface area (Å²) in [6.07, 6.45) is 0.827. The second-order valence-electron chi connectivity index (χ2n) is 10.3. The molecule has 0 radical (unpaired) electrons. The van der Waals surface area contributed by atoms with E-state index in [-0.39, 0.29) is 23.0 Å². The zero-order chi connectivity index (χ0) is 28.3. The van der Waals surface area contributed by atoms with Crippen molar-refractivity contribution in [3.05, 3.63) is 66.2 Å². The number of ketones is 1. The summed E-state index contributed by atoms with van der Waals surface area (Å²) in [6, 6.07) is 11.0. The molecule has 1 aliphatic heterocycles. The molecule has 2 heterocycles. The summed E-state index contributed by atoms with van der Waals surface area (Å²) in [4.78, 5) is 39.1. The monoisotopic (exact) mass is 557 g/mol. The van der Waals surface area contributed by atoms with Crippen LogP contribution in [0.5, 0.6) is 0 Å². The maximum atomic E-state index is 13.7. The smallest absolute Gasteiger partial charge is 0.287 e. The van der Waals surface area contributed by atoms with Crippen molar-refractivity contribution in [2.45, 2.75) is 63.1 Å². The largest absolute Gasteiger partial charge is 0.451 e. The van der Waals surface area contributed by atoms with Crippen LogP contribution in [0.15, 0.2) is 63.9 Å². The molecule has 0 aliphatic carbocycles. The van der Waals surface area contributed by atoms with Crippen molar-refractivity contribution in [2.24, 2.45) is 5.92 Å². The summed E-state index contributed by atoms with van der Waals surface area (Å²) in [7, 11) is -4.14. The number of carbonyl (C=O) groups excluding carboxylic acids is 3. The van der Waals surface area contributed by atoms with Gasteiger partial charge in [0.2, 0.25) is 15.9 Å². The number of hydrogen-bond donors (Lipinski definition) is 2. The Morgan fingerprint density at radius 1 is 1.10 bits per heavy atom. The van der Waals surface area contributed by atoms with Gasteiger partial charge in [-0.2, -0.15) is 4.31 Å². The van der Waals surface area contributed by atoms with Gasteiger partial charge in [0.25, 0.3) is 5.91 Å². The molecule has 208 valence electrons. The molecule has 2 aromatic carbocycles. The van der Waals surface area contributed by atoms with E-state index in [9.17, 15) is 27.2 Å². The molecule has 0 spiro atoms. The zero-order valence-corrected chi connectivity index (χ0v) is 22.8. The van der Waals surface area contributed by atoms with Crippen LogP contribution in [0.25, 0.3) is 11.0 Å². The van der Waals surface area contributed by atoms with Gasteiger partial charge in [-0.3, -0.25) is 14.4 Å². The summed E-state index contributed by atoms with van der Waals surface area (Å²) < 4.78 is 46.8. The van der Waals surface area contributed by atoms with Crippen LogP contribution in [-0.4, -0.2) is 55.0 Å². The average molecular weight is 558 g/mol. The van der Waals surface area contributed by atoms with Crippen LogP contribution in [0, 0.1) is 11.7 Å². The number of furan rings is 1. The summed E-state index contributed by atoms with van der Waals surface area (Å²) in [5.41, 5.74) is 0.545. The van der Waals surface area contributed by atoms with Gasteiger partial charge in [-0.15, -0.1) is 0 Å². The van der Waals surface area contributed by atoms with Gasteiger partial charge in [-0.05, 0) is 62.4 Å². The van der Waals surface area contributed by atoms with Crippen molar-refractivity contribution >= 4 is 38.6 Å². The highest BCUT2D eigenvalue weighted by atomic mass is 32.2. The third-order valence-corrected chi connectivity index (χ3v) is 8.72. The van der Waals surface area contributed by atoms with Gasteiger partial charge in [-0.1, -0.05) is 38.1 Å². The average Bonchev–Trinajstić information content (AvgIpc) is 3.27. The Bertz CT molecular complexity index is 1450. The Kier molecular flexibility index (Phi) is 8.51. The molecule has 2 amide bonds. The number of hydrogen-bond acceptors (Lipinski definition) is 6. The SMILES string of the molecule is CC(C)C[C@H](NC(=O)c1cc2ccccc2o1)C(=O)N[C@@H]1CC[C@@H](C)N(S(=O)(=O)c2cccc(F)c2)CC1=O. The van der Waals surface area contributed by atoms with Gasteiger partial charge in [-0.25, -0.2) is 12.8 Å². The van der Waals surface area contributed by atoms with E-state index in [2.05, 4.69) is 10.6 Å². The number of benzene rings is 2. The molecule has 0 bridgehead atoms. The van der Waals surface area contributed by atoms with E-state index in [1.807, 2.05) is 26.0 Å². The van der Waals surface area contributed by atoms with Crippen molar-refractivity contribution in [3.8, 4) is 0 Å². The topological polar surface area (TPSA) is 126 Å². The number of sulfonamides is 1. The summed E-state index contributed by atoms with van der Waals surface area (Å²) in [5.74, 6) is -2.17. The minimum absolute atomic E-state index is 0.0495. The molecule has 2 N–H and O–H groups in total. The van der Waals surface area contributed by atoms with Crippen molar-refractivity contribution in [3.63, 3.8) is 0 Å². The molecular formula is C28H32FN3O6S. The lowest BCUT2D eigenvalue weighted by Gasteiger charge is -2.25. The van der Waals surface area contributed by atoms with Crippen LogP contribution in [0.4, 0.5) is 4.39 Å². The third-order valence-electron chi connectivity index (χ3n) is 6.76. The highest BCUT2D eigenvalue weighted by Gasteiger charge is 2.38. The Morgan fingerprint density at radius 2 is 1.85 bits per heavy atom. The zero-order valence-electron chi connectivity index (χ0n) is 22.0. The van der Waals surface area contributed by atoms with Crippen LogP contribution in [0.1, 0.15) is 50.6 Å². The second kappa shape index (κ2) is 11.7. The number of fused-ring (bicyclic) bond motifs is 1. The Hall–Kier alpha value is -3.57. The number of Topliss-reactive ketones (excluding diaryl/α,β-unsaturated/α-hetero) is 1. The summed E-state index contributed by atoms with van der Waals surface area (Å²) in [5, 5.41) is 6.19. The number of nitrogens with one attached hydrogen (secondary N) is 2. The molecule has 4 rings (SSSR count). The quantitative estimate of drug-likeness (QED) is 0.436. The predicted octanol–water partition coefficient (Wildman–Crippen LogP) is 3.64. The third kappa shape index (κ3) is 6.54. The number of halogens is 1. The molecule has 1 aliphatic rings. The summed E-state index contributed by atoms with van der Waals surface area (Å²) >= 11 is 0. The maximum Gasteiger partial charge on any atom is 0.287 e. The minimum atomic E-state index is -4.14. The number of amides is 2. The van der Waals surface area contributed by atoms with E-state index in [1.165, 1.54) is 12.1 Å². The molecule has 1 aromatic heterocycles. The molecule has 0 saturated carbocycles. The van der Waals surface area contributed by atoms with Crippen LogP contribution >= 0.6 is 0 Å². The lowest BCUT2D eigenvalue weighted by molar-refractivity contribution is -0.129. The number of para-hydroxylation sites is 1. The van der Waals surface area contributed by atoms with Gasteiger partial charge >= 0.3 is 0 Å². The summed E-state index contributed by atoms with van der Waals surface area (Å²) in [6.45, 7) is 5.01. The van der Waals surface area contributed by atoms with Crippen molar-refractivity contribution < 1.29 is 31.6 Å². The minimum Gasteiger partial charge on any atom is -0.451 e. The highest BCUT2D eigenvalue weighted by Crippen LogP contribution is 2.25. The van der Waals surface area contributed by atoms with E-state index in [0.717, 1.165) is 21.8 Å². The standard InChI is InChI=1S/C28H32FN3O6S/c1-17(2)13-23(31-28(35)26-14-19-7-4-5-10-25(19)38-26)27(34)30-22-12-11-18(3)32(16-24(22)33)39(36,37)21-9-6-8-20(29)15-21/h4-10,14-15,17-18,22-23H,11-13,16H2,1-3H3,(H,30,34)(H,31,35)/t18-,22-,23+/m1/s1. The first-order chi connectivity index (χ1) is 18.5. The van der Waals surface area contributed by atoms with Crippen LogP contribution in [0.2, 0.25) is 0 Å². The van der Waals surface area contributed by atoms with E-state index in [1.54, 1.807) is 25.1 Å². The van der Waals surface area contributed by atoms with Crippen LogP contribution in [0.3, 0.4) is 0 Å². The van der Waals surface area contributed by atoms with Gasteiger partial charge < -0.3 is 15.1 Å². The fourth-order valence-corrected chi connectivity index (χ4v) is 6.33. The Labute approximate surface area is 226 Å². The molecule has 1 saturated heterocycles. The van der Waals surface area contributed by atoms with Crippen molar-refractivity contribution in [1.82, 2.24) is 14.9 Å². The number of nitrogens with zero attached hydrogens (tertiary/aromatic N) is 1. The lowest BCUT2D eigenvalue weighted by atomic mass is 10.0. The molecule has 3 aromatic rings. The normalized spacial score (nSPS) is 19.6. The molecule has 11 heteroatoms. The van der Waals surface area contributed by atoms with E-state index in [4.69, 9.17) is 4.42 Å². The molecular weight excluding hydrogens is 525 g/mol. The van der Waals surface area contributed by atoms with E-state index < -0.39 is 58.1 Å². The van der Waals surface area contributed by atoms with Gasteiger partial charge in [0.15, 0.2) is 11.5 Å². The van der Waals surface area contributed by atoms with Gasteiger partial charge in [0, 0.05) is 11.4 Å². The Morgan fingerprint density at radius 3 is 2.54 bits per heavy atom. The van der Waals surface area contributed by atoms with Gasteiger partial charge in [0.1, 0.15) is 17.4 Å². The van der Waals surface area contributed by atoms with Crippen LogP contribution < -0.4 is 10.6 Å². The first-order valence-corrected chi connectivity index (χ1v) is 14.3. The second-order valence-corrected chi connectivity index (χ2v) is 12.2. The highest BCUT2D eigenvalue weighted by molar-refractivity contribution is 7.89. The molecule has 39 heavy (non-hydrogen) atoms. The molecule has 0 unspecified atom stereocenters. The first-order valence-electron chi connectivity index (χ1n) is 12.9. The first kappa shape index (κ1) is 28.4. The van der Waals surface area contributed by atoms with Crippen molar-refractivity contribution in [1.29, 1.82) is 0 Å². The number of rotatable bonds is 8. The van der Waals surface area contributed by atoms with Gasteiger partial charge in [0.05, 0.1) is 17.5 Å². The van der Waals surface area contributed by atoms with E-state index in [0.29, 0.717) is 18.4 Å². The fourth-order valence-electron chi connectivity index (χ4n) is 4.67. The fraction of sp³-hybridized carbons (Fsp3) is 0.393. The lowest BCUT2D eigenvalue weighted by Crippen LogP contribution is -2.52. The molecule has 1 fully saturated rings. The Balaban J connectivity index is 1.47. The van der Waals surface area contributed by atoms with Crippen LogP contribution in [-0.2, 0) is 19.6 Å². The predicted molar refractivity (Wildman–Crippen MR) is 143 cm³/mol. The van der Waals surface area contributed by atoms with Crippen molar-refractivity contribution in [2.75, 3.05) is 6.54 Å². The molecule has 9 nitrogen and oxygen atoms in total. The van der Waals surface area contributed by atoms with E-state index >= 15 is 0 Å².